The molecule has 2 aromatic heterocycles. The van der Waals surface area contributed by atoms with E-state index >= 15 is 0 Å². The minimum absolute atomic E-state index is 0.265. The minimum Gasteiger partial charge on any atom is -0.450 e. The number of rotatable bonds is 5. The summed E-state index contributed by atoms with van der Waals surface area (Å²) in [5, 5.41) is 3.41. The van der Waals surface area contributed by atoms with E-state index in [9.17, 15) is 4.79 Å². The summed E-state index contributed by atoms with van der Waals surface area (Å²) >= 11 is 1.42. The third kappa shape index (κ3) is 3.25. The second-order valence-electron chi connectivity index (χ2n) is 6.09. The number of ether oxygens (including phenoxy) is 1. The lowest BCUT2D eigenvalue weighted by atomic mass is 10.1. The number of anilines is 2. The van der Waals surface area contributed by atoms with E-state index in [2.05, 4.69) is 4.98 Å². The van der Waals surface area contributed by atoms with Crippen LogP contribution >= 0.6 is 11.3 Å². The number of hydrogen-bond acceptors (Lipinski definition) is 5. The molecule has 2 heterocycles. The van der Waals surface area contributed by atoms with Gasteiger partial charge in [-0.25, -0.2) is 9.88 Å². The summed E-state index contributed by atoms with van der Waals surface area (Å²) in [6.45, 7) is 2.20. The van der Waals surface area contributed by atoms with E-state index in [1.807, 2.05) is 66.9 Å². The van der Waals surface area contributed by atoms with E-state index in [4.69, 9.17) is 9.15 Å². The molecule has 0 saturated carbocycles. The van der Waals surface area contributed by atoms with Crippen molar-refractivity contribution < 1.29 is 13.9 Å². The Morgan fingerprint density at radius 3 is 2.59 bits per heavy atom. The number of fused-ring (bicyclic) bond motifs is 1. The van der Waals surface area contributed by atoms with Gasteiger partial charge in [0.2, 0.25) is 0 Å². The summed E-state index contributed by atoms with van der Waals surface area (Å²) in [4.78, 5) is 19.7. The maximum atomic E-state index is 13.6. The summed E-state index contributed by atoms with van der Waals surface area (Å²) in [6.07, 6.45) is 0. The predicted octanol–water partition coefficient (Wildman–Crippen LogP) is 5.32. The number of carbonyl (C=O) groups excluding carboxylic acids is 1. The van der Waals surface area contributed by atoms with Gasteiger partial charge in [0, 0.05) is 23.4 Å². The first-order valence-corrected chi connectivity index (χ1v) is 9.38. The zero-order valence-electron chi connectivity index (χ0n) is 15.0. The number of carbonyl (C=O) groups is 1. The molecule has 0 N–H and O–H groups in total. The molecule has 1 amide bonds. The Kier molecular flexibility index (Phi) is 4.75. The van der Waals surface area contributed by atoms with Crippen LogP contribution in [-0.2, 0) is 11.3 Å². The molecule has 6 heteroatoms. The van der Waals surface area contributed by atoms with Crippen molar-refractivity contribution in [2.75, 3.05) is 12.0 Å². The van der Waals surface area contributed by atoms with Crippen molar-refractivity contribution in [2.24, 2.45) is 0 Å². The first-order valence-electron chi connectivity index (χ1n) is 8.50. The van der Waals surface area contributed by atoms with Crippen LogP contribution in [0.3, 0.4) is 0 Å². The molecule has 136 valence electrons. The van der Waals surface area contributed by atoms with Crippen LogP contribution in [-0.4, -0.2) is 18.0 Å². The zero-order valence-corrected chi connectivity index (χ0v) is 15.8. The first-order chi connectivity index (χ1) is 13.2. The molecule has 0 bridgehead atoms. The molecular weight excluding hydrogens is 360 g/mol. The largest absolute Gasteiger partial charge is 0.450 e. The van der Waals surface area contributed by atoms with Gasteiger partial charge >= 0.3 is 5.91 Å². The first kappa shape index (κ1) is 17.5. The van der Waals surface area contributed by atoms with Crippen LogP contribution in [0.2, 0.25) is 0 Å². The lowest BCUT2D eigenvalue weighted by molar-refractivity contribution is 0.0968. The summed E-state index contributed by atoms with van der Waals surface area (Å²) in [5.74, 6) is 0.00792. The molecule has 27 heavy (non-hydrogen) atoms. The lowest BCUT2D eigenvalue weighted by Gasteiger charge is -2.19. The molecule has 0 aliphatic carbocycles. The molecule has 5 nitrogen and oxygen atoms in total. The van der Waals surface area contributed by atoms with Crippen molar-refractivity contribution in [1.29, 1.82) is 0 Å². The van der Waals surface area contributed by atoms with Gasteiger partial charge in [-0.05, 0) is 25.1 Å². The summed E-state index contributed by atoms with van der Waals surface area (Å²) in [5.41, 5.74) is 3.01. The average molecular weight is 378 g/mol. The van der Waals surface area contributed by atoms with Gasteiger partial charge in [0.05, 0.1) is 18.0 Å². The molecule has 2 aromatic carbocycles. The molecule has 0 atom stereocenters. The van der Waals surface area contributed by atoms with Crippen LogP contribution in [0.25, 0.3) is 11.0 Å². The van der Waals surface area contributed by atoms with Crippen LogP contribution in [0.5, 0.6) is 0 Å². The second-order valence-corrected chi connectivity index (χ2v) is 6.92. The highest BCUT2D eigenvalue weighted by Gasteiger charge is 2.29. The number of nitrogens with zero attached hydrogens (tertiary/aromatic N) is 2. The van der Waals surface area contributed by atoms with Gasteiger partial charge in [0.15, 0.2) is 10.9 Å². The Labute approximate surface area is 160 Å². The highest BCUT2D eigenvalue weighted by molar-refractivity contribution is 7.14. The number of benzene rings is 2. The number of aryl methyl sites for hydroxylation is 1. The zero-order chi connectivity index (χ0) is 18.8. The Hall–Kier alpha value is -2.96. The molecule has 0 spiro atoms. The van der Waals surface area contributed by atoms with Crippen molar-refractivity contribution in [1.82, 2.24) is 4.98 Å². The van der Waals surface area contributed by atoms with Gasteiger partial charge < -0.3 is 9.15 Å². The Balaban J connectivity index is 1.87. The highest BCUT2D eigenvalue weighted by Crippen LogP contribution is 2.34. The van der Waals surface area contributed by atoms with E-state index in [-0.39, 0.29) is 18.3 Å². The maximum Gasteiger partial charge on any atom is 0.300 e. The Morgan fingerprint density at radius 1 is 1.15 bits per heavy atom. The summed E-state index contributed by atoms with van der Waals surface area (Å²) in [7, 11) is 1.61. The highest BCUT2D eigenvalue weighted by atomic mass is 32.1. The van der Waals surface area contributed by atoms with Crippen molar-refractivity contribution in [3.8, 4) is 0 Å². The molecule has 0 saturated heterocycles. The fourth-order valence-corrected chi connectivity index (χ4v) is 3.82. The van der Waals surface area contributed by atoms with Crippen molar-refractivity contribution >= 4 is 39.0 Å². The SMILES string of the molecule is COCc1c(C(=O)N(c2ccccc2)c2nc(C)cs2)oc2ccccc12. The fraction of sp³-hybridized carbons (Fsp3) is 0.143. The van der Waals surface area contributed by atoms with E-state index in [0.29, 0.717) is 10.7 Å². The normalized spacial score (nSPS) is 11.0. The van der Waals surface area contributed by atoms with E-state index in [1.54, 1.807) is 12.0 Å². The molecule has 0 aliphatic heterocycles. The predicted molar refractivity (Wildman–Crippen MR) is 107 cm³/mol. The van der Waals surface area contributed by atoms with Crippen LogP contribution in [0.1, 0.15) is 21.8 Å². The van der Waals surface area contributed by atoms with Gasteiger partial charge in [0.1, 0.15) is 5.58 Å². The van der Waals surface area contributed by atoms with Gasteiger partial charge in [-0.15, -0.1) is 11.3 Å². The maximum absolute atomic E-state index is 13.6. The Morgan fingerprint density at radius 2 is 1.89 bits per heavy atom. The van der Waals surface area contributed by atoms with E-state index < -0.39 is 0 Å². The lowest BCUT2D eigenvalue weighted by Crippen LogP contribution is -2.26. The quantitative estimate of drug-likeness (QED) is 0.471. The standard InChI is InChI=1S/C21H18N2O3S/c1-14-13-27-21(22-14)23(15-8-4-3-5-9-15)20(24)19-17(12-25-2)16-10-6-7-11-18(16)26-19/h3-11,13H,12H2,1-2H3. The van der Waals surface area contributed by atoms with Gasteiger partial charge in [0.25, 0.3) is 0 Å². The molecule has 0 unspecified atom stereocenters. The molecule has 0 aliphatic rings. The monoisotopic (exact) mass is 378 g/mol. The number of methoxy groups -OCH3 is 1. The molecule has 4 rings (SSSR count). The van der Waals surface area contributed by atoms with Gasteiger partial charge in [-0.1, -0.05) is 36.4 Å². The van der Waals surface area contributed by atoms with Crippen molar-refractivity contribution in [3.63, 3.8) is 0 Å². The van der Waals surface area contributed by atoms with E-state index in [0.717, 1.165) is 22.3 Å². The number of amides is 1. The molecular formula is C21H18N2O3S. The van der Waals surface area contributed by atoms with Crippen LogP contribution in [0, 0.1) is 6.92 Å². The minimum atomic E-state index is -0.265. The number of aromatic nitrogens is 1. The molecule has 4 aromatic rings. The molecule has 0 radical (unpaired) electrons. The van der Waals surface area contributed by atoms with Crippen molar-refractivity contribution in [2.45, 2.75) is 13.5 Å². The van der Waals surface area contributed by atoms with Crippen LogP contribution < -0.4 is 4.90 Å². The molecule has 0 fully saturated rings. The Bertz CT molecular complexity index is 1090. The van der Waals surface area contributed by atoms with Gasteiger partial charge in [-0.2, -0.15) is 0 Å². The van der Waals surface area contributed by atoms with Crippen LogP contribution in [0.4, 0.5) is 10.8 Å². The van der Waals surface area contributed by atoms with Crippen LogP contribution in [0.15, 0.2) is 64.4 Å². The number of para-hydroxylation sites is 2. The van der Waals surface area contributed by atoms with Gasteiger partial charge in [-0.3, -0.25) is 4.79 Å². The number of furan rings is 1. The summed E-state index contributed by atoms with van der Waals surface area (Å²) in [6, 6.07) is 17.1. The third-order valence-corrected chi connectivity index (χ3v) is 5.14. The summed E-state index contributed by atoms with van der Waals surface area (Å²) < 4.78 is 11.3. The second kappa shape index (κ2) is 7.34. The average Bonchev–Trinajstić information content (AvgIpc) is 3.27. The smallest absolute Gasteiger partial charge is 0.300 e. The van der Waals surface area contributed by atoms with E-state index in [1.165, 1.54) is 11.3 Å². The number of hydrogen-bond donors (Lipinski definition) is 0. The van der Waals surface area contributed by atoms with Crippen molar-refractivity contribution in [3.05, 3.63) is 77.0 Å². The fourth-order valence-electron chi connectivity index (χ4n) is 3.00. The topological polar surface area (TPSA) is 55.6 Å². The number of thiazole rings is 1. The third-order valence-electron chi connectivity index (χ3n) is 4.20.